The van der Waals surface area contributed by atoms with Crippen LogP contribution >= 0.6 is 0 Å². The third-order valence-corrected chi connectivity index (χ3v) is 9.02. The second-order valence-corrected chi connectivity index (χ2v) is 13.6. The second-order valence-electron chi connectivity index (χ2n) is 13.6. The minimum absolute atomic E-state index is 0.157. The predicted molar refractivity (Wildman–Crippen MR) is 191 cm³/mol. The van der Waals surface area contributed by atoms with E-state index in [1.807, 2.05) is 0 Å². The zero-order chi connectivity index (χ0) is 33.6. The van der Waals surface area contributed by atoms with Crippen molar-refractivity contribution in [1.82, 2.24) is 0 Å². The van der Waals surface area contributed by atoms with Gasteiger partial charge in [0.15, 0.2) is 0 Å². The Balaban J connectivity index is 0. The molecule has 0 heterocycles. The zero-order valence-electron chi connectivity index (χ0n) is 30.1. The molecule has 0 aromatic rings. The smallest absolute Gasteiger partial charge is 0.306 e. The van der Waals surface area contributed by atoms with Gasteiger partial charge in [0.25, 0.3) is 0 Å². The molecule has 0 spiro atoms. The van der Waals surface area contributed by atoms with Crippen LogP contribution < -0.4 is 0 Å². The van der Waals surface area contributed by atoms with Crippen molar-refractivity contribution in [1.29, 1.82) is 0 Å². The van der Waals surface area contributed by atoms with Crippen LogP contribution in [0.4, 0.5) is 0 Å². The van der Waals surface area contributed by atoms with E-state index >= 15 is 0 Å². The van der Waals surface area contributed by atoms with Gasteiger partial charge in [-0.05, 0) is 19.3 Å². The lowest BCUT2D eigenvalue weighted by molar-refractivity contribution is -0.143. The lowest BCUT2D eigenvalue weighted by Crippen LogP contribution is -2.23. The van der Waals surface area contributed by atoms with E-state index in [0.29, 0.717) is 12.8 Å². The Labute approximate surface area is 279 Å². The van der Waals surface area contributed by atoms with E-state index in [-0.39, 0.29) is 13.0 Å². The van der Waals surface area contributed by atoms with Gasteiger partial charge in [-0.1, -0.05) is 194 Å². The highest BCUT2D eigenvalue weighted by molar-refractivity contribution is 5.69. The number of hydrogen-bond acceptors (Lipinski definition) is 4. The van der Waals surface area contributed by atoms with Crippen LogP contribution in [0.3, 0.4) is 0 Å². The molecule has 0 aliphatic rings. The molecule has 0 aliphatic heterocycles. The molecule has 2 unspecified atom stereocenters. The Hall–Kier alpha value is -1.14. The van der Waals surface area contributed by atoms with Crippen LogP contribution in [0, 0.1) is 5.92 Å². The predicted octanol–water partition coefficient (Wildman–Crippen LogP) is 11.6. The van der Waals surface area contributed by atoms with Crippen molar-refractivity contribution in [2.24, 2.45) is 5.92 Å². The van der Waals surface area contributed by atoms with Gasteiger partial charge in [-0.3, -0.25) is 9.59 Å². The molecule has 0 aliphatic carbocycles. The van der Waals surface area contributed by atoms with Gasteiger partial charge >= 0.3 is 11.9 Å². The summed E-state index contributed by atoms with van der Waals surface area (Å²) in [6, 6.07) is 0. The van der Waals surface area contributed by atoms with Gasteiger partial charge in [0.2, 0.25) is 0 Å². The first-order chi connectivity index (χ1) is 21.9. The average Bonchev–Trinajstić information content (AvgIpc) is 3.02. The quantitative estimate of drug-likeness (QED) is 0.0511. The molecule has 6 nitrogen and oxygen atoms in total. The fourth-order valence-electron chi connectivity index (χ4n) is 5.98. The number of carbonyl (C=O) groups is 2. The summed E-state index contributed by atoms with van der Waals surface area (Å²) in [6.45, 7) is 4.17. The van der Waals surface area contributed by atoms with Crippen LogP contribution in [0.15, 0.2) is 0 Å². The van der Waals surface area contributed by atoms with Gasteiger partial charge < -0.3 is 20.4 Å². The van der Waals surface area contributed by atoms with Crippen LogP contribution in [0.2, 0.25) is 0 Å². The minimum atomic E-state index is -0.909. The molecule has 0 aromatic heterocycles. The molecular formula is C39H78O6. The van der Waals surface area contributed by atoms with E-state index in [4.69, 9.17) is 15.3 Å². The third-order valence-electron chi connectivity index (χ3n) is 9.02. The Bertz CT molecular complexity index is 596. The van der Waals surface area contributed by atoms with Gasteiger partial charge in [0.1, 0.15) is 0 Å². The molecule has 0 saturated heterocycles. The van der Waals surface area contributed by atoms with E-state index in [9.17, 15) is 14.7 Å². The maximum atomic E-state index is 11.1. The topological polar surface area (TPSA) is 115 Å². The van der Waals surface area contributed by atoms with Gasteiger partial charge in [-0.2, -0.15) is 0 Å². The van der Waals surface area contributed by atoms with Crippen molar-refractivity contribution >= 4 is 11.9 Å². The molecule has 0 bridgehead atoms. The molecular weight excluding hydrogens is 564 g/mol. The molecule has 0 fully saturated rings. The molecule has 0 rings (SSSR count). The van der Waals surface area contributed by atoms with E-state index < -0.39 is 24.0 Å². The first kappa shape index (κ1) is 46.0. The molecule has 0 radical (unpaired) electrons. The fraction of sp³-hybridized carbons (Fsp3) is 0.949. The summed E-state index contributed by atoms with van der Waals surface area (Å²) < 4.78 is 0. The SMILES string of the molecule is CCCCCCCCCCCCCCCCC(CC(O)CO)C(=O)O.CCCCCCCCCCCCCCCCCC(=O)O. The number of aliphatic hydroxyl groups excluding tert-OH is 2. The molecule has 6 heteroatoms. The standard InChI is InChI=1S/C21H42O4.C18H36O2/c1-2-3-4-5-6-7-8-9-10-11-12-13-14-15-16-19(21(24)25)17-20(23)18-22;1-2-3-4-5-6-7-8-9-10-11-12-13-14-15-16-17-18(19)20/h19-20,22-23H,2-18H2,1H3,(H,24,25);2-17H2,1H3,(H,19,20). The molecule has 45 heavy (non-hydrogen) atoms. The number of aliphatic carboxylic acids is 2. The van der Waals surface area contributed by atoms with Gasteiger partial charge in [-0.25, -0.2) is 0 Å². The van der Waals surface area contributed by atoms with Crippen molar-refractivity contribution in [3.63, 3.8) is 0 Å². The minimum Gasteiger partial charge on any atom is -0.481 e. The third kappa shape index (κ3) is 40.8. The van der Waals surface area contributed by atoms with E-state index in [1.165, 1.54) is 161 Å². The Morgan fingerprint density at radius 1 is 0.467 bits per heavy atom. The lowest BCUT2D eigenvalue weighted by Gasteiger charge is -2.15. The number of carboxylic acid groups (broad SMARTS) is 2. The normalized spacial score (nSPS) is 12.4. The summed E-state index contributed by atoms with van der Waals surface area (Å²) in [7, 11) is 0. The summed E-state index contributed by atoms with van der Waals surface area (Å²) in [5.41, 5.74) is 0. The number of aliphatic hydroxyl groups is 2. The lowest BCUT2D eigenvalue weighted by atomic mass is 9.94. The first-order valence-electron chi connectivity index (χ1n) is 19.6. The molecule has 0 aromatic carbocycles. The maximum absolute atomic E-state index is 11.1. The van der Waals surface area contributed by atoms with Gasteiger partial charge in [0, 0.05) is 6.42 Å². The first-order valence-corrected chi connectivity index (χ1v) is 19.6. The average molecular weight is 643 g/mol. The van der Waals surface area contributed by atoms with Gasteiger partial charge in [-0.15, -0.1) is 0 Å². The van der Waals surface area contributed by atoms with Gasteiger partial charge in [0.05, 0.1) is 18.6 Å². The zero-order valence-corrected chi connectivity index (χ0v) is 30.1. The van der Waals surface area contributed by atoms with Crippen molar-refractivity contribution in [3.05, 3.63) is 0 Å². The van der Waals surface area contributed by atoms with Crippen LogP contribution in [0.5, 0.6) is 0 Å². The van der Waals surface area contributed by atoms with E-state index in [1.54, 1.807) is 0 Å². The highest BCUT2D eigenvalue weighted by atomic mass is 16.4. The fourth-order valence-corrected chi connectivity index (χ4v) is 5.98. The number of carboxylic acids is 2. The molecule has 0 saturated carbocycles. The summed E-state index contributed by atoms with van der Waals surface area (Å²) in [6.07, 6.45) is 38.1. The summed E-state index contributed by atoms with van der Waals surface area (Å²) in [4.78, 5) is 21.5. The number of rotatable bonds is 35. The van der Waals surface area contributed by atoms with Crippen molar-refractivity contribution in [2.75, 3.05) is 6.61 Å². The van der Waals surface area contributed by atoms with Crippen LogP contribution in [0.25, 0.3) is 0 Å². The van der Waals surface area contributed by atoms with Crippen LogP contribution in [-0.2, 0) is 9.59 Å². The molecule has 270 valence electrons. The number of unbranched alkanes of at least 4 members (excludes halogenated alkanes) is 27. The molecule has 4 N–H and O–H groups in total. The summed E-state index contributed by atoms with van der Waals surface area (Å²) in [5.74, 6) is -2.04. The Morgan fingerprint density at radius 3 is 1.02 bits per heavy atom. The number of hydrogen-bond donors (Lipinski definition) is 4. The highest BCUT2D eigenvalue weighted by Gasteiger charge is 2.20. The monoisotopic (exact) mass is 643 g/mol. The summed E-state index contributed by atoms with van der Waals surface area (Å²) in [5, 5.41) is 35.8. The highest BCUT2D eigenvalue weighted by Crippen LogP contribution is 2.18. The van der Waals surface area contributed by atoms with E-state index in [2.05, 4.69) is 13.8 Å². The maximum Gasteiger partial charge on any atom is 0.306 e. The molecule has 0 amide bonds. The Morgan fingerprint density at radius 2 is 0.756 bits per heavy atom. The summed E-state index contributed by atoms with van der Waals surface area (Å²) >= 11 is 0. The van der Waals surface area contributed by atoms with Crippen molar-refractivity contribution in [3.8, 4) is 0 Å². The largest absolute Gasteiger partial charge is 0.481 e. The Kier molecular flexibility index (Phi) is 39.9. The van der Waals surface area contributed by atoms with Crippen molar-refractivity contribution < 1.29 is 30.0 Å². The second kappa shape index (κ2) is 39.0. The molecule has 2 atom stereocenters. The van der Waals surface area contributed by atoms with Crippen molar-refractivity contribution in [2.45, 2.75) is 225 Å². The van der Waals surface area contributed by atoms with Crippen LogP contribution in [0.1, 0.15) is 219 Å². The van der Waals surface area contributed by atoms with Crippen LogP contribution in [-0.4, -0.2) is 45.1 Å². The van der Waals surface area contributed by atoms with E-state index in [0.717, 1.165) is 25.7 Å².